The summed E-state index contributed by atoms with van der Waals surface area (Å²) >= 11 is 0. The highest BCUT2D eigenvalue weighted by molar-refractivity contribution is 5.08. The Morgan fingerprint density at radius 2 is 0.868 bits per heavy atom. The Kier molecular flexibility index (Phi) is 25.2. The summed E-state index contributed by atoms with van der Waals surface area (Å²) in [5.41, 5.74) is 1.85. The lowest BCUT2D eigenvalue weighted by Crippen LogP contribution is -2.65. The minimum atomic E-state index is -1.89. The molecule has 0 aromatic rings. The van der Waals surface area contributed by atoms with Gasteiger partial charge in [-0.1, -0.05) is 41.0 Å². The van der Waals surface area contributed by atoms with E-state index in [1.54, 1.807) is 13.8 Å². The molecule has 26 nitrogen and oxygen atoms in total. The summed E-state index contributed by atoms with van der Waals surface area (Å²) in [6, 6.07) is 0. The lowest BCUT2D eigenvalue weighted by Gasteiger charge is -2.47. The molecular weight excluding hydrogens is 1020 g/mol. The molecule has 0 saturated carbocycles. The van der Waals surface area contributed by atoms with E-state index in [0.29, 0.717) is 25.7 Å². The topological polar surface area (TPSA) is 416 Å². The van der Waals surface area contributed by atoms with Crippen LogP contribution in [-0.2, 0) is 47.4 Å². The van der Waals surface area contributed by atoms with Gasteiger partial charge in [0.15, 0.2) is 31.5 Å². The van der Waals surface area contributed by atoms with Crippen molar-refractivity contribution in [2.75, 3.05) is 33.0 Å². The molecule has 0 radical (unpaired) electrons. The molecule has 5 fully saturated rings. The molecule has 26 atom stereocenters. The maximum Gasteiger partial charge on any atom is 0.188 e. The van der Waals surface area contributed by atoms with Crippen molar-refractivity contribution in [3.8, 4) is 0 Å². The van der Waals surface area contributed by atoms with E-state index in [0.717, 1.165) is 29.6 Å². The van der Waals surface area contributed by atoms with Gasteiger partial charge in [0.1, 0.15) is 116 Å². The minimum Gasteiger partial charge on any atom is -0.394 e. The van der Waals surface area contributed by atoms with E-state index in [-0.39, 0.29) is 6.61 Å². The number of allylic oxidation sites excluding steroid dienone is 5. The number of aliphatic hydroxyl groups excluding tert-OH is 16. The highest BCUT2D eigenvalue weighted by atomic mass is 16.8. The van der Waals surface area contributed by atoms with Crippen LogP contribution in [0.2, 0.25) is 0 Å². The van der Waals surface area contributed by atoms with E-state index in [9.17, 15) is 81.7 Å². The number of aliphatic hydroxyl groups is 16. The molecule has 0 aromatic heterocycles. The van der Waals surface area contributed by atoms with Crippen LogP contribution in [0.1, 0.15) is 73.1 Å². The van der Waals surface area contributed by atoms with Crippen LogP contribution in [0.4, 0.5) is 0 Å². The van der Waals surface area contributed by atoms with Crippen molar-refractivity contribution in [1.82, 2.24) is 0 Å². The first kappa shape index (κ1) is 64.7. The summed E-state index contributed by atoms with van der Waals surface area (Å²) in [5, 5.41) is 167. The van der Waals surface area contributed by atoms with Gasteiger partial charge in [-0.2, -0.15) is 0 Å². The first-order valence-electron chi connectivity index (χ1n) is 25.7. The van der Waals surface area contributed by atoms with Gasteiger partial charge in [0, 0.05) is 0 Å². The van der Waals surface area contributed by atoms with Crippen molar-refractivity contribution < 1.29 is 129 Å². The Hall–Kier alpha value is -2.08. The van der Waals surface area contributed by atoms with Crippen LogP contribution in [0.3, 0.4) is 0 Å². The third kappa shape index (κ3) is 16.3. The molecule has 0 amide bonds. The van der Waals surface area contributed by atoms with E-state index < -0.39 is 186 Å². The van der Waals surface area contributed by atoms with E-state index in [4.69, 9.17) is 47.4 Å². The Morgan fingerprint density at radius 3 is 1.38 bits per heavy atom. The third-order valence-corrected chi connectivity index (χ3v) is 14.5. The molecule has 440 valence electrons. The molecule has 5 heterocycles. The van der Waals surface area contributed by atoms with Gasteiger partial charge in [0.25, 0.3) is 0 Å². The van der Waals surface area contributed by atoms with Gasteiger partial charge in [-0.15, -0.1) is 6.58 Å². The Labute approximate surface area is 441 Å². The number of ether oxygens (including phenoxy) is 10. The summed E-state index contributed by atoms with van der Waals surface area (Å²) in [6.07, 6.45) is -28.1. The predicted octanol–water partition coefficient (Wildman–Crippen LogP) is -4.76. The summed E-state index contributed by atoms with van der Waals surface area (Å²) in [7, 11) is 0. The molecule has 5 saturated heterocycles. The average molecular weight is 1100 g/mol. The second-order valence-corrected chi connectivity index (χ2v) is 20.6. The summed E-state index contributed by atoms with van der Waals surface area (Å²) in [6.45, 7) is 10.1. The SMILES string of the molecule is C=C[C@](C)(CC/C=C(\C)CC/C=C(\C)CC/C=C(/C)CO[C@@H]1O[C@H](CO)[C@@H](O)[C@H](O)[C@H]1O[C@@H]1O[C@H](CO[C@@H]2O[C@@H](C)[C@H](O)[C@@H](O)[C@H]2O)[C@@H](O)[C@H](O)[C@H]1O)O[C@@H]1O[C@H](CO)[C@@H](O)[C@H](O)[C@H]1O[C@@H]1O[C@H](CO)[C@@H](O)[C@H](O)[C@H]1O. The van der Waals surface area contributed by atoms with Gasteiger partial charge < -0.3 is 129 Å². The smallest absolute Gasteiger partial charge is 0.188 e. The van der Waals surface area contributed by atoms with E-state index in [2.05, 4.69) is 12.7 Å². The Balaban J connectivity index is 1.10. The lowest BCUT2D eigenvalue weighted by molar-refractivity contribution is -0.375. The van der Waals surface area contributed by atoms with Crippen molar-refractivity contribution in [3.05, 3.63) is 47.6 Å². The Morgan fingerprint density at radius 1 is 0.461 bits per heavy atom. The van der Waals surface area contributed by atoms with Crippen LogP contribution in [0, 0.1) is 0 Å². The molecule has 16 N–H and O–H groups in total. The van der Waals surface area contributed by atoms with Crippen molar-refractivity contribution in [3.63, 3.8) is 0 Å². The van der Waals surface area contributed by atoms with E-state index >= 15 is 0 Å². The zero-order valence-corrected chi connectivity index (χ0v) is 43.5. The molecule has 5 aliphatic rings. The largest absolute Gasteiger partial charge is 0.394 e. The van der Waals surface area contributed by atoms with Crippen LogP contribution in [0.5, 0.6) is 0 Å². The van der Waals surface area contributed by atoms with Crippen molar-refractivity contribution in [2.24, 2.45) is 0 Å². The van der Waals surface area contributed by atoms with Gasteiger partial charge >= 0.3 is 0 Å². The average Bonchev–Trinajstić information content (AvgIpc) is 3.39. The number of hydrogen-bond acceptors (Lipinski definition) is 26. The molecule has 0 unspecified atom stereocenters. The second kappa shape index (κ2) is 29.6. The van der Waals surface area contributed by atoms with Gasteiger partial charge in [-0.25, -0.2) is 0 Å². The molecule has 0 spiro atoms. The zero-order chi connectivity index (χ0) is 56.3. The van der Waals surface area contributed by atoms with Crippen molar-refractivity contribution >= 4 is 0 Å². The lowest BCUT2D eigenvalue weighted by atomic mass is 9.95. The third-order valence-electron chi connectivity index (χ3n) is 14.5. The normalized spacial score (nSPS) is 43.9. The molecule has 5 aliphatic heterocycles. The van der Waals surface area contributed by atoms with Gasteiger partial charge in [-0.3, -0.25) is 0 Å². The van der Waals surface area contributed by atoms with Crippen LogP contribution < -0.4 is 0 Å². The molecule has 5 rings (SSSR count). The van der Waals surface area contributed by atoms with Gasteiger partial charge in [-0.05, 0) is 73.1 Å². The van der Waals surface area contributed by atoms with E-state index in [1.165, 1.54) is 13.0 Å². The highest BCUT2D eigenvalue weighted by Gasteiger charge is 2.54. The quantitative estimate of drug-likeness (QED) is 0.0382. The molecule has 0 bridgehead atoms. The maximum absolute atomic E-state index is 11.1. The van der Waals surface area contributed by atoms with Crippen molar-refractivity contribution in [2.45, 2.75) is 232 Å². The number of hydrogen-bond donors (Lipinski definition) is 16. The molecule has 26 heteroatoms. The number of rotatable bonds is 25. The monoisotopic (exact) mass is 1100 g/mol. The zero-order valence-electron chi connectivity index (χ0n) is 43.5. The maximum atomic E-state index is 11.1. The van der Waals surface area contributed by atoms with Crippen LogP contribution in [-0.4, -0.2) is 274 Å². The summed E-state index contributed by atoms with van der Waals surface area (Å²) < 4.78 is 57.6. The minimum absolute atomic E-state index is 0.0544. The second-order valence-electron chi connectivity index (χ2n) is 20.6. The van der Waals surface area contributed by atoms with Crippen LogP contribution in [0.15, 0.2) is 47.6 Å². The summed E-state index contributed by atoms with van der Waals surface area (Å²) in [5.74, 6) is 0. The van der Waals surface area contributed by atoms with E-state index in [1.807, 2.05) is 26.0 Å². The van der Waals surface area contributed by atoms with Crippen LogP contribution in [0.25, 0.3) is 0 Å². The predicted molar refractivity (Wildman–Crippen MR) is 259 cm³/mol. The molecule has 76 heavy (non-hydrogen) atoms. The van der Waals surface area contributed by atoms with Gasteiger partial charge in [0.05, 0.1) is 44.7 Å². The van der Waals surface area contributed by atoms with Crippen molar-refractivity contribution in [1.29, 1.82) is 0 Å². The fourth-order valence-corrected chi connectivity index (χ4v) is 9.28. The Bertz CT molecular complexity index is 1860. The first-order chi connectivity index (χ1) is 35.9. The molecular formula is C50H84O26. The molecule has 0 aliphatic carbocycles. The van der Waals surface area contributed by atoms with Gasteiger partial charge in [0.2, 0.25) is 0 Å². The fraction of sp³-hybridized carbons (Fsp3) is 0.840. The standard InChI is InChI=1S/C50H84O26/c1-7-50(6,76-49-44(39(63)33(57)28(19-53)72-49)75-46-41(65)36(60)31(55)26(17-51)70-46)16-10-15-23(3)12-8-11-22(2)13-9-14-24(4)20-67-48-43(38(62)32(56)27(18-52)71-48)74-47-42(66)37(61)34(58)29(73-47)21-68-45-40(64)35(59)30(54)25(5)69-45/h7,11,14-15,25-49,51-66H,1,8-10,12-13,16-21H2,2-6H3/b22-11+,23-15+,24-14-/t25-,26+,27+,28+,29+,30-,31+,32+,33+,34+,35+,36-,37-,38-,39-,40+,41+,42+,43+,44+,45+,46-,47-,48+,49-,50+/m0/s1. The first-order valence-corrected chi connectivity index (χ1v) is 25.7. The summed E-state index contributed by atoms with van der Waals surface area (Å²) in [4.78, 5) is 0. The highest BCUT2D eigenvalue weighted by Crippen LogP contribution is 2.35. The fourth-order valence-electron chi connectivity index (χ4n) is 9.28. The molecule has 0 aromatic carbocycles. The van der Waals surface area contributed by atoms with Crippen LogP contribution >= 0.6 is 0 Å².